The summed E-state index contributed by atoms with van der Waals surface area (Å²) in [4.78, 5) is 12.3. The number of hydrogen-bond donors (Lipinski definition) is 1. The average molecular weight is 297 g/mol. The summed E-state index contributed by atoms with van der Waals surface area (Å²) in [5, 5.41) is 5.67. The molecule has 1 atom stereocenters. The maximum absolute atomic E-state index is 12.3. The topological polar surface area (TPSA) is 38.3 Å². The van der Waals surface area contributed by atoms with Crippen LogP contribution in [0.4, 0.5) is 0 Å². The fourth-order valence-electron chi connectivity index (χ4n) is 2.44. The summed E-state index contributed by atoms with van der Waals surface area (Å²) in [7, 11) is 1.50. The molecule has 0 saturated heterocycles. The molecule has 1 aromatic heterocycles. The van der Waals surface area contributed by atoms with Crippen LogP contribution in [0.1, 0.15) is 25.7 Å². The van der Waals surface area contributed by atoms with E-state index in [-0.39, 0.29) is 5.97 Å². The number of nitrogens with one attached hydrogen (secondary N) is 1. The summed E-state index contributed by atoms with van der Waals surface area (Å²) in [5.74, 6) is 1.15. The molecule has 0 aromatic carbocycles. The number of esters is 1. The van der Waals surface area contributed by atoms with Gasteiger partial charge < -0.3 is 4.74 Å². The molecule has 3 rings (SSSR count). The molecule has 1 aromatic rings. The zero-order chi connectivity index (χ0) is 13.3. The van der Waals surface area contributed by atoms with Crippen LogP contribution in [-0.4, -0.2) is 30.4 Å². The minimum Gasteiger partial charge on any atom is -0.468 e. The molecule has 1 heterocycles. The lowest BCUT2D eigenvalue weighted by atomic mass is 9.95. The lowest BCUT2D eigenvalue weighted by Crippen LogP contribution is -2.57. The molecule has 0 radical (unpaired) electrons. The van der Waals surface area contributed by atoms with Gasteiger partial charge in [-0.3, -0.25) is 10.1 Å². The van der Waals surface area contributed by atoms with Crippen molar-refractivity contribution in [3.8, 4) is 0 Å². The van der Waals surface area contributed by atoms with Crippen LogP contribution < -0.4 is 5.32 Å². The molecule has 2 fully saturated rings. The van der Waals surface area contributed by atoms with Crippen molar-refractivity contribution in [1.82, 2.24) is 5.32 Å². The van der Waals surface area contributed by atoms with Gasteiger partial charge in [0, 0.05) is 11.8 Å². The molecule has 2 aliphatic rings. The lowest BCUT2D eigenvalue weighted by Gasteiger charge is -2.32. The van der Waals surface area contributed by atoms with Crippen LogP contribution in [0.25, 0.3) is 0 Å². The van der Waals surface area contributed by atoms with Gasteiger partial charge in [-0.25, -0.2) is 0 Å². The van der Waals surface area contributed by atoms with Crippen molar-refractivity contribution in [2.24, 2.45) is 5.92 Å². The number of thiophene rings is 1. The fourth-order valence-corrected chi connectivity index (χ4v) is 4.49. The van der Waals surface area contributed by atoms with Gasteiger partial charge in [0.1, 0.15) is 5.54 Å². The molecule has 0 amide bonds. The van der Waals surface area contributed by atoms with Crippen molar-refractivity contribution < 1.29 is 9.53 Å². The van der Waals surface area contributed by atoms with Crippen molar-refractivity contribution in [1.29, 1.82) is 0 Å². The highest BCUT2D eigenvalue weighted by atomic mass is 32.2. The summed E-state index contributed by atoms with van der Waals surface area (Å²) in [6.07, 6.45) is 4.66. The Balaban J connectivity index is 1.74. The first-order valence-electron chi connectivity index (χ1n) is 6.77. The molecule has 19 heavy (non-hydrogen) atoms. The number of methoxy groups -OCH3 is 1. The predicted molar refractivity (Wildman–Crippen MR) is 78.7 cm³/mol. The number of ether oxygens (including phenoxy) is 1. The van der Waals surface area contributed by atoms with Crippen molar-refractivity contribution in [3.63, 3.8) is 0 Å². The van der Waals surface area contributed by atoms with E-state index < -0.39 is 5.54 Å². The Morgan fingerprint density at radius 1 is 1.53 bits per heavy atom. The van der Waals surface area contributed by atoms with Crippen LogP contribution in [0, 0.1) is 5.92 Å². The van der Waals surface area contributed by atoms with Gasteiger partial charge in [0.25, 0.3) is 0 Å². The van der Waals surface area contributed by atoms with Crippen molar-refractivity contribution in [2.75, 3.05) is 12.9 Å². The molecule has 1 N–H and O–H groups in total. The Hall–Kier alpha value is -0.520. The van der Waals surface area contributed by atoms with Crippen LogP contribution in [0.3, 0.4) is 0 Å². The van der Waals surface area contributed by atoms with E-state index in [4.69, 9.17) is 4.74 Å². The zero-order valence-corrected chi connectivity index (χ0v) is 12.7. The van der Waals surface area contributed by atoms with E-state index in [0.717, 1.165) is 18.6 Å². The van der Waals surface area contributed by atoms with Gasteiger partial charge in [0.2, 0.25) is 0 Å². The first-order chi connectivity index (χ1) is 9.24. The Morgan fingerprint density at radius 2 is 2.32 bits per heavy atom. The van der Waals surface area contributed by atoms with E-state index >= 15 is 0 Å². The van der Waals surface area contributed by atoms with E-state index in [0.29, 0.717) is 12.0 Å². The molecule has 104 valence electrons. The van der Waals surface area contributed by atoms with Crippen molar-refractivity contribution >= 4 is 29.1 Å². The molecule has 1 unspecified atom stereocenters. The maximum Gasteiger partial charge on any atom is 0.327 e. The summed E-state index contributed by atoms with van der Waals surface area (Å²) in [5.41, 5.74) is -0.468. The quantitative estimate of drug-likeness (QED) is 0.620. The monoisotopic (exact) mass is 297 g/mol. The highest BCUT2D eigenvalue weighted by Crippen LogP contribution is 2.45. The minimum atomic E-state index is -0.468. The first kappa shape index (κ1) is 13.5. The van der Waals surface area contributed by atoms with Gasteiger partial charge in [0.05, 0.1) is 11.3 Å². The maximum atomic E-state index is 12.3. The largest absolute Gasteiger partial charge is 0.468 e. The second-order valence-electron chi connectivity index (χ2n) is 5.38. The highest BCUT2D eigenvalue weighted by Gasteiger charge is 2.53. The standard InChI is InChI=1S/C14H19NO2S2/c1-17-13(16)14(10-4-5-10,15-11-6-7-11)9-19-12-3-2-8-18-12/h2-3,8,10-11,15H,4-7,9H2,1H3. The van der Waals surface area contributed by atoms with Gasteiger partial charge in [-0.2, -0.15) is 0 Å². The Morgan fingerprint density at radius 3 is 2.84 bits per heavy atom. The summed E-state index contributed by atoms with van der Waals surface area (Å²) in [6, 6.07) is 4.68. The van der Waals surface area contributed by atoms with Crippen LogP contribution in [-0.2, 0) is 9.53 Å². The number of carbonyl (C=O) groups is 1. The van der Waals surface area contributed by atoms with Crippen LogP contribution in [0.2, 0.25) is 0 Å². The van der Waals surface area contributed by atoms with Crippen molar-refractivity contribution in [3.05, 3.63) is 17.5 Å². The number of thioether (sulfide) groups is 1. The summed E-state index contributed by atoms with van der Waals surface area (Å²) in [6.45, 7) is 0. The van der Waals surface area contributed by atoms with Gasteiger partial charge in [0.15, 0.2) is 0 Å². The van der Waals surface area contributed by atoms with Crippen molar-refractivity contribution in [2.45, 2.75) is 41.5 Å². The first-order valence-corrected chi connectivity index (χ1v) is 8.63. The molecular weight excluding hydrogens is 278 g/mol. The highest BCUT2D eigenvalue weighted by molar-refractivity contribution is 8.01. The SMILES string of the molecule is COC(=O)C(CSc1cccs1)(NC1CC1)C1CC1. The third-order valence-electron chi connectivity index (χ3n) is 3.80. The zero-order valence-electron chi connectivity index (χ0n) is 11.1. The molecule has 0 spiro atoms. The molecule has 2 aliphatic carbocycles. The molecule has 3 nitrogen and oxygen atoms in total. The van der Waals surface area contributed by atoms with Crippen LogP contribution in [0.5, 0.6) is 0 Å². The normalized spacial score (nSPS) is 21.9. The third-order valence-corrected chi connectivity index (χ3v) is 6.12. The van der Waals surface area contributed by atoms with Crippen LogP contribution in [0.15, 0.2) is 21.7 Å². The Kier molecular flexibility index (Phi) is 3.87. The van der Waals surface area contributed by atoms with E-state index in [1.165, 1.54) is 24.2 Å². The Labute approximate surface area is 122 Å². The molecule has 5 heteroatoms. The fraction of sp³-hybridized carbons (Fsp3) is 0.643. The second-order valence-corrected chi connectivity index (χ2v) is 7.60. The molecule has 0 aliphatic heterocycles. The van der Waals surface area contributed by atoms with E-state index in [1.54, 1.807) is 23.1 Å². The number of hydrogen-bond acceptors (Lipinski definition) is 5. The molecule has 2 saturated carbocycles. The number of rotatable bonds is 7. The second kappa shape index (κ2) is 5.46. The molecule has 0 bridgehead atoms. The molecular formula is C14H19NO2S2. The minimum absolute atomic E-state index is 0.0778. The lowest BCUT2D eigenvalue weighted by molar-refractivity contribution is -0.148. The van der Waals surface area contributed by atoms with Crippen LogP contribution >= 0.6 is 23.1 Å². The van der Waals surface area contributed by atoms with E-state index in [2.05, 4.69) is 22.8 Å². The smallest absolute Gasteiger partial charge is 0.327 e. The van der Waals surface area contributed by atoms with Gasteiger partial charge >= 0.3 is 5.97 Å². The van der Waals surface area contributed by atoms with E-state index in [1.807, 2.05) is 0 Å². The third kappa shape index (κ3) is 2.98. The van der Waals surface area contributed by atoms with Gasteiger partial charge in [-0.1, -0.05) is 6.07 Å². The van der Waals surface area contributed by atoms with Gasteiger partial charge in [-0.15, -0.1) is 23.1 Å². The van der Waals surface area contributed by atoms with Gasteiger partial charge in [-0.05, 0) is 43.0 Å². The summed E-state index contributed by atoms with van der Waals surface area (Å²) < 4.78 is 6.37. The Bertz CT molecular complexity index is 440. The average Bonchev–Trinajstić information content (AvgIpc) is 3.34. The predicted octanol–water partition coefficient (Wildman–Crippen LogP) is 2.91. The van der Waals surface area contributed by atoms with E-state index in [9.17, 15) is 4.79 Å². The number of carbonyl (C=O) groups excluding carboxylic acids is 1. The summed E-state index contributed by atoms with van der Waals surface area (Å²) >= 11 is 3.50.